The number of hydrogen-bond acceptors (Lipinski definition) is 4. The highest BCUT2D eigenvalue weighted by molar-refractivity contribution is 6.32. The summed E-state index contributed by atoms with van der Waals surface area (Å²) in [6, 6.07) is 12.2. The van der Waals surface area contributed by atoms with Gasteiger partial charge < -0.3 is 19.7 Å². The van der Waals surface area contributed by atoms with E-state index in [1.54, 1.807) is 54.5 Å². The molecule has 1 saturated heterocycles. The summed E-state index contributed by atoms with van der Waals surface area (Å²) in [7, 11) is 3.11. The van der Waals surface area contributed by atoms with E-state index in [1.807, 2.05) is 0 Å². The third kappa shape index (κ3) is 3.75. The Hall–Kier alpha value is -2.73. The van der Waals surface area contributed by atoms with Gasteiger partial charge >= 0.3 is 0 Å². The van der Waals surface area contributed by atoms with Gasteiger partial charge in [0.25, 0.3) is 0 Å². The fourth-order valence-corrected chi connectivity index (χ4v) is 3.13. The number of rotatable bonds is 5. The minimum absolute atomic E-state index is 0.110. The van der Waals surface area contributed by atoms with Crippen molar-refractivity contribution >= 4 is 34.8 Å². The summed E-state index contributed by atoms with van der Waals surface area (Å²) < 4.78 is 10.2. The maximum Gasteiger partial charge on any atom is 0.229 e. The molecule has 6 nitrogen and oxygen atoms in total. The zero-order chi connectivity index (χ0) is 18.7. The molecule has 2 amide bonds. The van der Waals surface area contributed by atoms with Crippen LogP contribution in [0.2, 0.25) is 5.02 Å². The summed E-state index contributed by atoms with van der Waals surface area (Å²) in [4.78, 5) is 26.4. The van der Waals surface area contributed by atoms with Gasteiger partial charge in [0.2, 0.25) is 11.8 Å². The zero-order valence-corrected chi connectivity index (χ0v) is 15.2. The van der Waals surface area contributed by atoms with Gasteiger partial charge in [0.1, 0.15) is 11.5 Å². The van der Waals surface area contributed by atoms with Gasteiger partial charge in [-0.2, -0.15) is 0 Å². The van der Waals surface area contributed by atoms with E-state index in [0.717, 1.165) is 0 Å². The van der Waals surface area contributed by atoms with Crippen LogP contribution in [0.15, 0.2) is 42.5 Å². The van der Waals surface area contributed by atoms with E-state index in [0.29, 0.717) is 34.4 Å². The Kier molecular flexibility index (Phi) is 5.32. The molecule has 0 aromatic heterocycles. The molecular formula is C19H19ClN2O4. The molecule has 1 fully saturated rings. The molecule has 1 unspecified atom stereocenters. The van der Waals surface area contributed by atoms with Crippen LogP contribution in [-0.4, -0.2) is 32.6 Å². The molecule has 1 N–H and O–H groups in total. The van der Waals surface area contributed by atoms with E-state index in [9.17, 15) is 9.59 Å². The Morgan fingerprint density at radius 2 is 1.88 bits per heavy atom. The molecule has 136 valence electrons. The first-order chi connectivity index (χ1) is 12.5. The van der Waals surface area contributed by atoms with Gasteiger partial charge in [0.15, 0.2) is 0 Å². The van der Waals surface area contributed by atoms with E-state index in [2.05, 4.69) is 5.32 Å². The summed E-state index contributed by atoms with van der Waals surface area (Å²) in [5.41, 5.74) is 1.31. The van der Waals surface area contributed by atoms with Crippen molar-refractivity contribution in [1.29, 1.82) is 0 Å². The molecule has 1 aliphatic heterocycles. The van der Waals surface area contributed by atoms with Crippen molar-refractivity contribution in [3.63, 3.8) is 0 Å². The van der Waals surface area contributed by atoms with Crippen LogP contribution in [0, 0.1) is 5.92 Å². The van der Waals surface area contributed by atoms with Gasteiger partial charge in [-0.1, -0.05) is 11.6 Å². The number of carbonyl (C=O) groups excluding carboxylic acids is 2. The predicted molar refractivity (Wildman–Crippen MR) is 100 cm³/mol. The summed E-state index contributed by atoms with van der Waals surface area (Å²) in [5, 5.41) is 3.26. The number of benzene rings is 2. The second-order valence-corrected chi connectivity index (χ2v) is 6.35. The van der Waals surface area contributed by atoms with Crippen molar-refractivity contribution in [1.82, 2.24) is 0 Å². The van der Waals surface area contributed by atoms with Crippen LogP contribution in [0.5, 0.6) is 11.5 Å². The number of carbonyl (C=O) groups is 2. The van der Waals surface area contributed by atoms with E-state index in [4.69, 9.17) is 21.1 Å². The molecule has 0 radical (unpaired) electrons. The number of amides is 2. The Morgan fingerprint density at radius 3 is 2.50 bits per heavy atom. The number of anilines is 2. The largest absolute Gasteiger partial charge is 0.497 e. The second kappa shape index (κ2) is 7.66. The quantitative estimate of drug-likeness (QED) is 0.871. The molecule has 0 spiro atoms. The number of halogens is 1. The molecule has 0 saturated carbocycles. The highest BCUT2D eigenvalue weighted by Crippen LogP contribution is 2.32. The van der Waals surface area contributed by atoms with Crippen LogP contribution in [0.1, 0.15) is 6.42 Å². The Bertz CT molecular complexity index is 823. The topological polar surface area (TPSA) is 67.9 Å². The molecular weight excluding hydrogens is 356 g/mol. The Balaban J connectivity index is 1.68. The van der Waals surface area contributed by atoms with Crippen molar-refractivity contribution in [3.05, 3.63) is 47.5 Å². The van der Waals surface area contributed by atoms with Gasteiger partial charge in [0, 0.05) is 24.3 Å². The molecule has 7 heteroatoms. The number of methoxy groups -OCH3 is 2. The molecule has 1 heterocycles. The van der Waals surface area contributed by atoms with Crippen molar-refractivity contribution in [3.8, 4) is 11.5 Å². The van der Waals surface area contributed by atoms with Gasteiger partial charge in [0.05, 0.1) is 25.2 Å². The van der Waals surface area contributed by atoms with Crippen molar-refractivity contribution in [2.45, 2.75) is 6.42 Å². The smallest absolute Gasteiger partial charge is 0.229 e. The lowest BCUT2D eigenvalue weighted by Crippen LogP contribution is -2.28. The monoisotopic (exact) mass is 374 g/mol. The molecule has 0 aliphatic carbocycles. The standard InChI is InChI=1S/C19H19ClN2O4/c1-25-15-6-3-13(4-7-15)21-19(24)12-9-18(23)22(11-12)14-5-8-17(26-2)16(20)10-14/h3-8,10,12H,9,11H2,1-2H3,(H,21,24). The molecule has 2 aromatic rings. The van der Waals surface area contributed by atoms with Crippen molar-refractivity contribution in [2.75, 3.05) is 31.0 Å². The summed E-state index contributed by atoms with van der Waals surface area (Å²) in [6.07, 6.45) is 0.158. The first-order valence-electron chi connectivity index (χ1n) is 8.10. The summed E-state index contributed by atoms with van der Waals surface area (Å²) >= 11 is 6.13. The average molecular weight is 375 g/mol. The van der Waals surface area contributed by atoms with Crippen LogP contribution in [0.25, 0.3) is 0 Å². The minimum Gasteiger partial charge on any atom is -0.497 e. The van der Waals surface area contributed by atoms with Crippen molar-refractivity contribution < 1.29 is 19.1 Å². The Morgan fingerprint density at radius 1 is 1.15 bits per heavy atom. The third-order valence-corrected chi connectivity index (χ3v) is 4.60. The SMILES string of the molecule is COc1ccc(NC(=O)C2CC(=O)N(c3ccc(OC)c(Cl)c3)C2)cc1. The lowest BCUT2D eigenvalue weighted by molar-refractivity contribution is -0.122. The maximum atomic E-state index is 12.5. The van der Waals surface area contributed by atoms with Crippen LogP contribution < -0.4 is 19.7 Å². The van der Waals surface area contributed by atoms with Crippen LogP contribution in [0.3, 0.4) is 0 Å². The van der Waals surface area contributed by atoms with E-state index < -0.39 is 5.92 Å². The molecule has 1 atom stereocenters. The maximum absolute atomic E-state index is 12.5. The lowest BCUT2D eigenvalue weighted by atomic mass is 10.1. The van der Waals surface area contributed by atoms with Crippen LogP contribution >= 0.6 is 11.6 Å². The highest BCUT2D eigenvalue weighted by Gasteiger charge is 2.35. The van der Waals surface area contributed by atoms with Gasteiger partial charge in [-0.25, -0.2) is 0 Å². The number of nitrogens with one attached hydrogen (secondary N) is 1. The first kappa shape index (κ1) is 18.1. The molecule has 26 heavy (non-hydrogen) atoms. The summed E-state index contributed by atoms with van der Waals surface area (Å²) in [5.74, 6) is 0.523. The number of ether oxygens (including phenoxy) is 2. The average Bonchev–Trinajstić information content (AvgIpc) is 3.04. The van der Waals surface area contributed by atoms with E-state index >= 15 is 0 Å². The lowest BCUT2D eigenvalue weighted by Gasteiger charge is -2.18. The van der Waals surface area contributed by atoms with Crippen molar-refractivity contribution in [2.24, 2.45) is 5.92 Å². The van der Waals surface area contributed by atoms with Gasteiger partial charge in [-0.15, -0.1) is 0 Å². The highest BCUT2D eigenvalue weighted by atomic mass is 35.5. The molecule has 3 rings (SSSR count). The van der Waals surface area contributed by atoms with Gasteiger partial charge in [-0.05, 0) is 42.5 Å². The predicted octanol–water partition coefficient (Wildman–Crippen LogP) is 3.35. The molecule has 0 bridgehead atoms. The van der Waals surface area contributed by atoms with Crippen LogP contribution in [-0.2, 0) is 9.59 Å². The normalized spacial score (nSPS) is 16.5. The fraction of sp³-hybridized carbons (Fsp3) is 0.263. The number of hydrogen-bond donors (Lipinski definition) is 1. The Labute approximate surface area is 156 Å². The summed E-state index contributed by atoms with van der Waals surface area (Å²) in [6.45, 7) is 0.309. The fourth-order valence-electron chi connectivity index (χ4n) is 2.87. The van der Waals surface area contributed by atoms with E-state index in [1.165, 1.54) is 7.11 Å². The third-order valence-electron chi connectivity index (χ3n) is 4.30. The first-order valence-corrected chi connectivity index (χ1v) is 8.48. The van der Waals surface area contributed by atoms with Crippen LogP contribution in [0.4, 0.5) is 11.4 Å². The van der Waals surface area contributed by atoms with E-state index in [-0.39, 0.29) is 18.2 Å². The molecule has 2 aromatic carbocycles. The minimum atomic E-state index is -0.425. The number of nitrogens with zero attached hydrogens (tertiary/aromatic N) is 1. The second-order valence-electron chi connectivity index (χ2n) is 5.94. The molecule has 1 aliphatic rings. The zero-order valence-electron chi connectivity index (χ0n) is 14.5. The van der Waals surface area contributed by atoms with Gasteiger partial charge in [-0.3, -0.25) is 9.59 Å².